The zero-order valence-corrected chi connectivity index (χ0v) is 12.9. The fourth-order valence-electron chi connectivity index (χ4n) is 3.54. The first kappa shape index (κ1) is 14.7. The highest BCUT2D eigenvalue weighted by molar-refractivity contribution is 5.59. The maximum Gasteiger partial charge on any atom is 0.142 e. The molecule has 1 N–H and O–H groups in total. The van der Waals surface area contributed by atoms with Gasteiger partial charge in [-0.15, -0.1) is 0 Å². The van der Waals surface area contributed by atoms with Gasteiger partial charge in [-0.25, -0.2) is 0 Å². The molecule has 0 aliphatic carbocycles. The molecule has 0 radical (unpaired) electrons. The van der Waals surface area contributed by atoms with Gasteiger partial charge in [-0.1, -0.05) is 12.1 Å². The molecule has 1 saturated heterocycles. The molecule has 0 spiro atoms. The van der Waals surface area contributed by atoms with Crippen molar-refractivity contribution in [2.24, 2.45) is 5.41 Å². The summed E-state index contributed by atoms with van der Waals surface area (Å²) < 4.78 is 11.5. The topological polar surface area (TPSA) is 33.7 Å². The fraction of sp³-hybridized carbons (Fsp3) is 0.647. The van der Waals surface area contributed by atoms with E-state index in [9.17, 15) is 0 Å². The van der Waals surface area contributed by atoms with Gasteiger partial charge in [-0.2, -0.15) is 0 Å². The third kappa shape index (κ3) is 3.33. The van der Waals surface area contributed by atoms with Crippen LogP contribution >= 0.6 is 0 Å². The number of ether oxygens (including phenoxy) is 2. The van der Waals surface area contributed by atoms with Gasteiger partial charge in [0, 0.05) is 38.3 Å². The number of rotatable bonds is 4. The second kappa shape index (κ2) is 6.67. The zero-order valence-electron chi connectivity index (χ0n) is 12.9. The minimum Gasteiger partial charge on any atom is -0.491 e. The quantitative estimate of drug-likeness (QED) is 0.922. The van der Waals surface area contributed by atoms with Gasteiger partial charge in [-0.3, -0.25) is 0 Å². The standard InChI is InChI=1S/C17H26N2O2/c1-18-13-17(7-11-20-12-8-17)14-19-9-4-10-21-16-6-3-2-5-15(16)19/h2-3,5-6,18H,4,7-14H2,1H3. The van der Waals surface area contributed by atoms with Crippen molar-refractivity contribution in [2.75, 3.05) is 51.4 Å². The highest BCUT2D eigenvalue weighted by Gasteiger charge is 2.34. The molecule has 4 nitrogen and oxygen atoms in total. The molecule has 1 aromatic carbocycles. The Bertz CT molecular complexity index is 452. The smallest absolute Gasteiger partial charge is 0.142 e. The van der Waals surface area contributed by atoms with Crippen LogP contribution in [0, 0.1) is 5.41 Å². The van der Waals surface area contributed by atoms with Crippen molar-refractivity contribution < 1.29 is 9.47 Å². The van der Waals surface area contributed by atoms with Crippen molar-refractivity contribution in [3.63, 3.8) is 0 Å². The largest absolute Gasteiger partial charge is 0.491 e. The first-order valence-corrected chi connectivity index (χ1v) is 8.02. The van der Waals surface area contributed by atoms with Crippen LogP contribution in [0.4, 0.5) is 5.69 Å². The van der Waals surface area contributed by atoms with E-state index in [1.807, 2.05) is 0 Å². The Morgan fingerprint density at radius 1 is 1.19 bits per heavy atom. The summed E-state index contributed by atoms with van der Waals surface area (Å²) >= 11 is 0. The van der Waals surface area contributed by atoms with Crippen LogP contribution in [0.15, 0.2) is 24.3 Å². The molecular weight excluding hydrogens is 264 g/mol. The highest BCUT2D eigenvalue weighted by Crippen LogP contribution is 2.36. The molecule has 2 aliphatic rings. The van der Waals surface area contributed by atoms with Gasteiger partial charge in [-0.05, 0) is 38.4 Å². The van der Waals surface area contributed by atoms with E-state index < -0.39 is 0 Å². The number of anilines is 1. The summed E-state index contributed by atoms with van der Waals surface area (Å²) in [6.45, 7) is 5.79. The minimum atomic E-state index is 0.310. The molecule has 2 heterocycles. The molecule has 21 heavy (non-hydrogen) atoms. The van der Waals surface area contributed by atoms with E-state index in [0.29, 0.717) is 5.41 Å². The summed E-state index contributed by atoms with van der Waals surface area (Å²) in [6, 6.07) is 8.44. The second-order valence-corrected chi connectivity index (χ2v) is 6.23. The van der Waals surface area contributed by atoms with Crippen LogP contribution in [-0.4, -0.2) is 46.5 Å². The molecule has 0 bridgehead atoms. The van der Waals surface area contributed by atoms with E-state index >= 15 is 0 Å². The van der Waals surface area contributed by atoms with Crippen LogP contribution in [0.1, 0.15) is 19.3 Å². The summed E-state index contributed by atoms with van der Waals surface area (Å²) in [6.07, 6.45) is 3.35. The van der Waals surface area contributed by atoms with Gasteiger partial charge < -0.3 is 19.7 Å². The SMILES string of the molecule is CNCC1(CN2CCCOc3ccccc32)CCOCC1. The predicted octanol–water partition coefficient (Wildman–Crippen LogP) is 2.29. The Kier molecular flexibility index (Phi) is 4.66. The molecule has 4 heteroatoms. The van der Waals surface area contributed by atoms with Crippen LogP contribution in [0.25, 0.3) is 0 Å². The molecule has 116 valence electrons. The Morgan fingerprint density at radius 3 is 2.81 bits per heavy atom. The summed E-state index contributed by atoms with van der Waals surface area (Å²) in [5.74, 6) is 1.03. The van der Waals surface area contributed by atoms with Crippen LogP contribution in [-0.2, 0) is 4.74 Å². The lowest BCUT2D eigenvalue weighted by atomic mass is 9.79. The Balaban J connectivity index is 1.81. The average Bonchev–Trinajstić information content (AvgIpc) is 2.71. The summed E-state index contributed by atoms with van der Waals surface area (Å²) in [7, 11) is 2.05. The van der Waals surface area contributed by atoms with E-state index in [2.05, 4.69) is 41.5 Å². The van der Waals surface area contributed by atoms with Crippen LogP contribution in [0.5, 0.6) is 5.75 Å². The molecule has 2 aliphatic heterocycles. The molecule has 3 rings (SSSR count). The maximum atomic E-state index is 5.88. The van der Waals surface area contributed by atoms with Crippen LogP contribution in [0.3, 0.4) is 0 Å². The number of nitrogens with zero attached hydrogens (tertiary/aromatic N) is 1. The summed E-state index contributed by atoms with van der Waals surface area (Å²) in [4.78, 5) is 2.52. The lowest BCUT2D eigenvalue weighted by molar-refractivity contribution is 0.0192. The van der Waals surface area contributed by atoms with E-state index in [4.69, 9.17) is 9.47 Å². The van der Waals surface area contributed by atoms with Crippen LogP contribution in [0.2, 0.25) is 0 Å². The van der Waals surface area contributed by atoms with Gasteiger partial charge in [0.2, 0.25) is 0 Å². The van der Waals surface area contributed by atoms with Gasteiger partial charge in [0.15, 0.2) is 0 Å². The van der Waals surface area contributed by atoms with E-state index in [0.717, 1.165) is 64.5 Å². The number of benzene rings is 1. The monoisotopic (exact) mass is 290 g/mol. The molecular formula is C17H26N2O2. The molecule has 0 unspecified atom stereocenters. The molecule has 0 aromatic heterocycles. The van der Waals surface area contributed by atoms with Crippen molar-refractivity contribution >= 4 is 5.69 Å². The molecule has 0 saturated carbocycles. The van der Waals surface area contributed by atoms with Crippen molar-refractivity contribution in [1.82, 2.24) is 5.32 Å². The molecule has 1 aromatic rings. The first-order valence-electron chi connectivity index (χ1n) is 8.02. The van der Waals surface area contributed by atoms with Gasteiger partial charge in [0.05, 0.1) is 12.3 Å². The average molecular weight is 290 g/mol. The number of hydrogen-bond acceptors (Lipinski definition) is 4. The van der Waals surface area contributed by atoms with E-state index in [-0.39, 0.29) is 0 Å². The normalized spacial score (nSPS) is 21.3. The zero-order chi connectivity index (χ0) is 14.5. The predicted molar refractivity (Wildman–Crippen MR) is 85.2 cm³/mol. The molecule has 0 atom stereocenters. The summed E-state index contributed by atoms with van der Waals surface area (Å²) in [5, 5.41) is 3.39. The van der Waals surface area contributed by atoms with Crippen molar-refractivity contribution in [3.8, 4) is 5.75 Å². The van der Waals surface area contributed by atoms with Crippen molar-refractivity contribution in [2.45, 2.75) is 19.3 Å². The number of nitrogens with one attached hydrogen (secondary N) is 1. The first-order chi connectivity index (χ1) is 10.3. The van der Waals surface area contributed by atoms with Crippen molar-refractivity contribution in [3.05, 3.63) is 24.3 Å². The van der Waals surface area contributed by atoms with Crippen molar-refractivity contribution in [1.29, 1.82) is 0 Å². The summed E-state index contributed by atoms with van der Waals surface area (Å²) in [5.41, 5.74) is 1.56. The Hall–Kier alpha value is -1.26. The second-order valence-electron chi connectivity index (χ2n) is 6.23. The molecule has 0 amide bonds. The third-order valence-electron chi connectivity index (χ3n) is 4.67. The minimum absolute atomic E-state index is 0.310. The molecule has 1 fully saturated rings. The Morgan fingerprint density at radius 2 is 2.00 bits per heavy atom. The number of fused-ring (bicyclic) bond motifs is 1. The Labute approximate surface area is 127 Å². The number of hydrogen-bond donors (Lipinski definition) is 1. The lowest BCUT2D eigenvalue weighted by Crippen LogP contribution is -2.47. The van der Waals surface area contributed by atoms with Gasteiger partial charge >= 0.3 is 0 Å². The van der Waals surface area contributed by atoms with E-state index in [1.54, 1.807) is 0 Å². The van der Waals surface area contributed by atoms with Gasteiger partial charge in [0.25, 0.3) is 0 Å². The van der Waals surface area contributed by atoms with Gasteiger partial charge in [0.1, 0.15) is 5.75 Å². The maximum absolute atomic E-state index is 5.88. The third-order valence-corrected chi connectivity index (χ3v) is 4.67. The number of para-hydroxylation sites is 2. The van der Waals surface area contributed by atoms with E-state index in [1.165, 1.54) is 5.69 Å². The van der Waals surface area contributed by atoms with Crippen LogP contribution < -0.4 is 15.0 Å². The lowest BCUT2D eigenvalue weighted by Gasteiger charge is -2.41. The highest BCUT2D eigenvalue weighted by atomic mass is 16.5. The fourth-order valence-corrected chi connectivity index (χ4v) is 3.54.